The molecule has 2 atom stereocenters. The first-order valence-electron chi connectivity index (χ1n) is 14.2. The third-order valence-corrected chi connectivity index (χ3v) is 9.27. The quantitative estimate of drug-likeness (QED) is 0.180. The molecule has 188 valence electrons. The number of aromatic nitrogens is 1. The minimum atomic E-state index is 0.0827. The molecule has 1 heteroatoms. The van der Waals surface area contributed by atoms with Crippen molar-refractivity contribution in [3.05, 3.63) is 155 Å². The number of nitrogens with zero attached hydrogens (tertiary/aromatic N) is 1. The van der Waals surface area contributed by atoms with E-state index in [9.17, 15) is 0 Å². The molecule has 2 unspecified atom stereocenters. The van der Waals surface area contributed by atoms with Crippen LogP contribution in [0.25, 0.3) is 55.9 Å². The van der Waals surface area contributed by atoms with Gasteiger partial charge in [0.2, 0.25) is 0 Å². The molecule has 5 aromatic carbocycles. The Hall–Kier alpha value is -4.88. The van der Waals surface area contributed by atoms with Crippen LogP contribution in [-0.2, 0) is 0 Å². The van der Waals surface area contributed by atoms with Gasteiger partial charge in [0.05, 0.1) is 5.52 Å². The van der Waals surface area contributed by atoms with E-state index in [1.165, 1.54) is 77.2 Å². The molecule has 0 fully saturated rings. The fraction of sp³-hybridized carbons (Fsp3) is 0.0769. The summed E-state index contributed by atoms with van der Waals surface area (Å²) in [6.07, 6.45) is 10.4. The lowest BCUT2D eigenvalue weighted by Gasteiger charge is -2.37. The molecule has 0 bridgehead atoms. The van der Waals surface area contributed by atoms with Crippen LogP contribution < -0.4 is 0 Å². The van der Waals surface area contributed by atoms with Gasteiger partial charge in [-0.05, 0) is 68.1 Å². The fourth-order valence-electron chi connectivity index (χ4n) is 7.61. The molecule has 1 aromatic heterocycles. The lowest BCUT2D eigenvalue weighted by molar-refractivity contribution is 0.766. The smallest absolute Gasteiger partial charge is 0.0607 e. The van der Waals surface area contributed by atoms with Gasteiger partial charge in [-0.25, -0.2) is 0 Å². The minimum Gasteiger partial charge on any atom is -0.315 e. The highest BCUT2D eigenvalue weighted by atomic mass is 15.0. The van der Waals surface area contributed by atoms with Crippen LogP contribution >= 0.6 is 0 Å². The predicted octanol–water partition coefficient (Wildman–Crippen LogP) is 10.2. The summed E-state index contributed by atoms with van der Waals surface area (Å²) in [6.45, 7) is 4.84. The van der Waals surface area contributed by atoms with Crippen LogP contribution in [-0.4, -0.2) is 4.57 Å². The molecule has 0 N–H and O–H groups in total. The molecule has 6 aromatic rings. The van der Waals surface area contributed by atoms with Crippen LogP contribution in [0.3, 0.4) is 0 Å². The maximum Gasteiger partial charge on any atom is 0.0607 e. The normalized spacial score (nSPS) is 21.2. The summed E-state index contributed by atoms with van der Waals surface area (Å²) < 4.78 is 2.60. The molecule has 1 aliphatic heterocycles. The van der Waals surface area contributed by atoms with Crippen molar-refractivity contribution in [2.45, 2.75) is 18.3 Å². The first-order chi connectivity index (χ1) is 19.8. The third-order valence-electron chi connectivity index (χ3n) is 9.27. The zero-order valence-electron chi connectivity index (χ0n) is 22.1. The largest absolute Gasteiger partial charge is 0.315 e. The van der Waals surface area contributed by atoms with E-state index in [1.54, 1.807) is 0 Å². The Morgan fingerprint density at radius 2 is 1.40 bits per heavy atom. The second kappa shape index (κ2) is 8.07. The van der Waals surface area contributed by atoms with Gasteiger partial charge in [-0.1, -0.05) is 122 Å². The third kappa shape index (κ3) is 2.87. The van der Waals surface area contributed by atoms with Crippen molar-refractivity contribution >= 4 is 55.9 Å². The average molecular weight is 510 g/mol. The van der Waals surface area contributed by atoms with Gasteiger partial charge in [0, 0.05) is 34.0 Å². The molecule has 0 saturated heterocycles. The number of allylic oxidation sites excluding steroid dienone is 5. The SMILES string of the molecule is C=C1c2ccccc2/C=C\C/C=C2/C3C(=Cc4ccc5ccccc5c43)n3c(cc4ccc5ccccc5c43)C12. The number of benzene rings is 5. The Bertz CT molecular complexity index is 2160. The first-order valence-corrected chi connectivity index (χ1v) is 14.2. The highest BCUT2D eigenvalue weighted by Gasteiger charge is 2.43. The Labute approximate surface area is 233 Å². The molecular weight excluding hydrogens is 482 g/mol. The molecule has 0 spiro atoms. The van der Waals surface area contributed by atoms with E-state index >= 15 is 0 Å². The van der Waals surface area contributed by atoms with Gasteiger partial charge in [0.15, 0.2) is 0 Å². The summed E-state index contributed by atoms with van der Waals surface area (Å²) >= 11 is 0. The lowest BCUT2D eigenvalue weighted by atomic mass is 9.73. The lowest BCUT2D eigenvalue weighted by Crippen LogP contribution is -2.23. The van der Waals surface area contributed by atoms with Crippen LogP contribution in [0.1, 0.15) is 46.2 Å². The Kier molecular flexibility index (Phi) is 4.43. The van der Waals surface area contributed by atoms with Crippen LogP contribution in [0.5, 0.6) is 0 Å². The van der Waals surface area contributed by atoms with Crippen molar-refractivity contribution in [2.24, 2.45) is 0 Å². The molecule has 2 aliphatic carbocycles. The molecule has 0 amide bonds. The fourth-order valence-corrected chi connectivity index (χ4v) is 7.61. The molecule has 9 rings (SSSR count). The standard InChI is InChI=1S/C39H27N/c1-24-30-14-6-2-10-25(30)11-5-9-17-33-36(24)34-23-29-21-19-27-13-4-8-16-32(27)39(29)40(34)35-22-28-20-18-26-12-3-7-15-31(26)37(28)38(33)35/h2-8,10-23,36,38H,1,9H2/b11-5-,33-17+. The van der Waals surface area contributed by atoms with Gasteiger partial charge in [-0.15, -0.1) is 0 Å². The van der Waals surface area contributed by atoms with Crippen LogP contribution in [0, 0.1) is 0 Å². The number of fused-ring (bicyclic) bond motifs is 15. The van der Waals surface area contributed by atoms with E-state index in [1.807, 2.05) is 0 Å². The summed E-state index contributed by atoms with van der Waals surface area (Å²) in [4.78, 5) is 0. The van der Waals surface area contributed by atoms with Crippen molar-refractivity contribution in [1.82, 2.24) is 4.57 Å². The second-order valence-corrected chi connectivity index (χ2v) is 11.3. The summed E-state index contributed by atoms with van der Waals surface area (Å²) in [5.41, 5.74) is 11.9. The van der Waals surface area contributed by atoms with Crippen molar-refractivity contribution in [2.75, 3.05) is 0 Å². The first kappa shape index (κ1) is 22.0. The summed E-state index contributed by atoms with van der Waals surface area (Å²) in [7, 11) is 0. The number of hydrogen-bond donors (Lipinski definition) is 0. The van der Waals surface area contributed by atoms with E-state index in [2.05, 4.69) is 132 Å². The highest BCUT2D eigenvalue weighted by Crippen LogP contribution is 2.58. The maximum absolute atomic E-state index is 4.84. The Morgan fingerprint density at radius 1 is 0.675 bits per heavy atom. The van der Waals surface area contributed by atoms with Crippen LogP contribution in [0.4, 0.5) is 0 Å². The Morgan fingerprint density at radius 3 is 2.30 bits per heavy atom. The topological polar surface area (TPSA) is 4.93 Å². The van der Waals surface area contributed by atoms with Crippen molar-refractivity contribution < 1.29 is 0 Å². The van der Waals surface area contributed by atoms with Gasteiger partial charge in [-0.2, -0.15) is 0 Å². The van der Waals surface area contributed by atoms with Crippen molar-refractivity contribution in [3.63, 3.8) is 0 Å². The monoisotopic (exact) mass is 509 g/mol. The molecule has 1 nitrogen and oxygen atoms in total. The van der Waals surface area contributed by atoms with Crippen molar-refractivity contribution in [3.8, 4) is 0 Å². The zero-order valence-corrected chi connectivity index (χ0v) is 22.1. The van der Waals surface area contributed by atoms with Gasteiger partial charge >= 0.3 is 0 Å². The van der Waals surface area contributed by atoms with Gasteiger partial charge in [-0.3, -0.25) is 0 Å². The maximum atomic E-state index is 4.84. The molecule has 40 heavy (non-hydrogen) atoms. The van der Waals surface area contributed by atoms with E-state index in [4.69, 9.17) is 6.58 Å². The molecule has 0 radical (unpaired) electrons. The van der Waals surface area contributed by atoms with Crippen LogP contribution in [0.2, 0.25) is 0 Å². The second-order valence-electron chi connectivity index (χ2n) is 11.3. The van der Waals surface area contributed by atoms with Gasteiger partial charge in [0.25, 0.3) is 0 Å². The molecule has 2 heterocycles. The minimum absolute atomic E-state index is 0.0827. The molecular formula is C39H27N. The number of rotatable bonds is 0. The molecule has 3 aliphatic rings. The molecule has 0 saturated carbocycles. The van der Waals surface area contributed by atoms with Gasteiger partial charge in [0.1, 0.15) is 0 Å². The van der Waals surface area contributed by atoms with E-state index in [-0.39, 0.29) is 11.8 Å². The summed E-state index contributed by atoms with van der Waals surface area (Å²) in [5, 5.41) is 6.51. The zero-order chi connectivity index (χ0) is 26.4. The predicted molar refractivity (Wildman–Crippen MR) is 170 cm³/mol. The number of hydrogen-bond acceptors (Lipinski definition) is 0. The summed E-state index contributed by atoms with van der Waals surface area (Å²) in [6, 6.07) is 38.0. The Balaban J connectivity index is 1.43. The van der Waals surface area contributed by atoms with E-state index < -0.39 is 0 Å². The van der Waals surface area contributed by atoms with Gasteiger partial charge < -0.3 is 4.57 Å². The highest BCUT2D eigenvalue weighted by molar-refractivity contribution is 6.11. The van der Waals surface area contributed by atoms with E-state index in [0.29, 0.717) is 0 Å². The van der Waals surface area contributed by atoms with Crippen molar-refractivity contribution in [1.29, 1.82) is 0 Å². The average Bonchev–Trinajstić information content (AvgIpc) is 3.59. The summed E-state index contributed by atoms with van der Waals surface area (Å²) in [5.74, 6) is 0.253. The van der Waals surface area contributed by atoms with Crippen LogP contribution in [0.15, 0.2) is 127 Å². The van der Waals surface area contributed by atoms with E-state index in [0.717, 1.165) is 6.42 Å².